The maximum Gasteiger partial charge on any atom is 0.316 e. The Morgan fingerprint density at radius 1 is 1.33 bits per heavy atom. The van der Waals surface area contributed by atoms with Crippen molar-refractivity contribution in [1.82, 2.24) is 10.2 Å². The van der Waals surface area contributed by atoms with E-state index in [0.29, 0.717) is 17.2 Å². The first-order valence-electron chi connectivity index (χ1n) is 7.20. The predicted octanol–water partition coefficient (Wildman–Crippen LogP) is 1.25. The molecule has 0 aromatic heterocycles. The number of likely N-dealkylation sites (tertiary alicyclic amines) is 1. The Kier molecular flexibility index (Phi) is 5.16. The summed E-state index contributed by atoms with van der Waals surface area (Å²) in [6.07, 6.45) is 2.04. The van der Waals surface area contributed by atoms with Gasteiger partial charge in [0.1, 0.15) is 0 Å². The van der Waals surface area contributed by atoms with E-state index in [9.17, 15) is 9.59 Å². The van der Waals surface area contributed by atoms with Crippen LogP contribution in [0.25, 0.3) is 0 Å². The molecular weight excluding hydrogens is 268 g/mol. The molecule has 0 atom stereocenters. The number of nitrogens with one attached hydrogen (secondary N) is 2. The molecule has 1 aromatic rings. The number of nitrogens with zero attached hydrogens (tertiary/aromatic N) is 1. The molecule has 0 spiro atoms. The molecule has 0 unspecified atom stereocenters. The topological polar surface area (TPSA) is 87.5 Å². The number of urea groups is 1. The Labute approximate surface area is 124 Å². The Morgan fingerprint density at radius 3 is 2.67 bits per heavy atom. The minimum atomic E-state index is -0.632. The SMILES string of the molecule is CNCC1CCN(C(=O)c2cccc(NC(N)=O)c2)CC1. The second-order valence-electron chi connectivity index (χ2n) is 5.36. The fourth-order valence-electron chi connectivity index (χ4n) is 2.68. The molecule has 114 valence electrons. The van der Waals surface area contributed by atoms with Crippen LogP contribution in [0.3, 0.4) is 0 Å². The quantitative estimate of drug-likeness (QED) is 0.780. The van der Waals surface area contributed by atoms with Crippen LogP contribution in [0.1, 0.15) is 23.2 Å². The van der Waals surface area contributed by atoms with Crippen molar-refractivity contribution in [2.24, 2.45) is 11.7 Å². The van der Waals surface area contributed by atoms with Gasteiger partial charge in [-0.15, -0.1) is 0 Å². The number of amides is 3. The molecule has 1 fully saturated rings. The zero-order valence-electron chi connectivity index (χ0n) is 12.3. The lowest BCUT2D eigenvalue weighted by atomic mass is 9.96. The predicted molar refractivity (Wildman–Crippen MR) is 82.2 cm³/mol. The summed E-state index contributed by atoms with van der Waals surface area (Å²) in [4.78, 5) is 25.2. The van der Waals surface area contributed by atoms with Gasteiger partial charge in [0.05, 0.1) is 0 Å². The lowest BCUT2D eigenvalue weighted by Crippen LogP contribution is -2.40. The highest BCUT2D eigenvalue weighted by Crippen LogP contribution is 2.19. The van der Waals surface area contributed by atoms with E-state index in [1.807, 2.05) is 11.9 Å². The highest BCUT2D eigenvalue weighted by Gasteiger charge is 2.23. The Balaban J connectivity index is 1.99. The lowest BCUT2D eigenvalue weighted by molar-refractivity contribution is 0.0691. The van der Waals surface area contributed by atoms with Gasteiger partial charge in [0.2, 0.25) is 0 Å². The average Bonchev–Trinajstić information content (AvgIpc) is 2.47. The van der Waals surface area contributed by atoms with Crippen LogP contribution >= 0.6 is 0 Å². The number of carbonyl (C=O) groups excluding carboxylic acids is 2. The zero-order valence-corrected chi connectivity index (χ0v) is 12.3. The van der Waals surface area contributed by atoms with Crippen LogP contribution in [0.5, 0.6) is 0 Å². The monoisotopic (exact) mass is 290 g/mol. The van der Waals surface area contributed by atoms with Crippen LogP contribution in [0, 0.1) is 5.92 Å². The largest absolute Gasteiger partial charge is 0.351 e. The van der Waals surface area contributed by atoms with Crippen LogP contribution in [0.2, 0.25) is 0 Å². The first-order chi connectivity index (χ1) is 10.1. The van der Waals surface area contributed by atoms with Crippen molar-refractivity contribution in [3.63, 3.8) is 0 Å². The highest BCUT2D eigenvalue weighted by atomic mass is 16.2. The Hall–Kier alpha value is -2.08. The molecule has 6 nitrogen and oxygen atoms in total. The number of piperidine rings is 1. The van der Waals surface area contributed by atoms with Crippen molar-refractivity contribution in [2.45, 2.75) is 12.8 Å². The lowest BCUT2D eigenvalue weighted by Gasteiger charge is -2.32. The summed E-state index contributed by atoms with van der Waals surface area (Å²) < 4.78 is 0. The van der Waals surface area contributed by atoms with Gasteiger partial charge >= 0.3 is 6.03 Å². The summed E-state index contributed by atoms with van der Waals surface area (Å²) in [5, 5.41) is 5.67. The van der Waals surface area contributed by atoms with Crippen LogP contribution in [0.4, 0.5) is 10.5 Å². The second kappa shape index (κ2) is 7.08. The molecule has 0 bridgehead atoms. The standard InChI is InChI=1S/C15H22N4O2/c1-17-10-11-5-7-19(8-6-11)14(20)12-3-2-4-13(9-12)18-15(16)21/h2-4,9,11,17H,5-8,10H2,1H3,(H3,16,18,21). The maximum absolute atomic E-state index is 12.5. The van der Waals surface area contributed by atoms with E-state index in [0.717, 1.165) is 32.5 Å². The molecule has 6 heteroatoms. The Morgan fingerprint density at radius 2 is 2.05 bits per heavy atom. The van der Waals surface area contributed by atoms with Crippen LogP contribution in [-0.4, -0.2) is 43.5 Å². The second-order valence-corrected chi connectivity index (χ2v) is 5.36. The van der Waals surface area contributed by atoms with E-state index in [-0.39, 0.29) is 5.91 Å². The molecule has 1 aliphatic rings. The molecule has 4 N–H and O–H groups in total. The van der Waals surface area contributed by atoms with Crippen molar-refractivity contribution in [2.75, 3.05) is 32.0 Å². The number of anilines is 1. The molecule has 1 heterocycles. The first kappa shape index (κ1) is 15.3. The summed E-state index contributed by atoms with van der Waals surface area (Å²) in [5.41, 5.74) is 6.20. The molecule has 1 saturated heterocycles. The zero-order chi connectivity index (χ0) is 15.2. The summed E-state index contributed by atoms with van der Waals surface area (Å²) >= 11 is 0. The Bertz CT molecular complexity index is 510. The van der Waals surface area contributed by atoms with Crippen molar-refractivity contribution in [1.29, 1.82) is 0 Å². The highest BCUT2D eigenvalue weighted by molar-refractivity contribution is 5.96. The van der Waals surface area contributed by atoms with Gasteiger partial charge in [-0.25, -0.2) is 4.79 Å². The molecule has 0 saturated carbocycles. The van der Waals surface area contributed by atoms with E-state index < -0.39 is 6.03 Å². The van der Waals surface area contributed by atoms with Gasteiger partial charge in [-0.05, 0) is 50.6 Å². The molecule has 3 amide bonds. The fourth-order valence-corrected chi connectivity index (χ4v) is 2.68. The van der Waals surface area contributed by atoms with E-state index in [4.69, 9.17) is 5.73 Å². The third kappa shape index (κ3) is 4.19. The number of nitrogens with two attached hydrogens (primary N) is 1. The van der Waals surface area contributed by atoms with E-state index in [1.165, 1.54) is 0 Å². The minimum absolute atomic E-state index is 0.00558. The summed E-state index contributed by atoms with van der Waals surface area (Å²) in [6, 6.07) is 6.24. The number of hydrogen-bond acceptors (Lipinski definition) is 3. The van der Waals surface area contributed by atoms with Crippen LogP contribution in [0.15, 0.2) is 24.3 Å². The molecule has 0 aliphatic carbocycles. The van der Waals surface area contributed by atoms with Crippen LogP contribution in [-0.2, 0) is 0 Å². The van der Waals surface area contributed by atoms with E-state index in [2.05, 4.69) is 10.6 Å². The van der Waals surface area contributed by atoms with Gasteiger partial charge in [0.15, 0.2) is 0 Å². The molecule has 21 heavy (non-hydrogen) atoms. The molecule has 1 aliphatic heterocycles. The van der Waals surface area contributed by atoms with E-state index in [1.54, 1.807) is 24.3 Å². The smallest absolute Gasteiger partial charge is 0.316 e. The van der Waals surface area contributed by atoms with Crippen molar-refractivity contribution in [3.05, 3.63) is 29.8 Å². The van der Waals surface area contributed by atoms with Crippen molar-refractivity contribution >= 4 is 17.6 Å². The molecule has 1 aromatic carbocycles. The van der Waals surface area contributed by atoms with Gasteiger partial charge < -0.3 is 21.3 Å². The normalized spacial score (nSPS) is 15.8. The number of benzene rings is 1. The van der Waals surface area contributed by atoms with Gasteiger partial charge in [-0.1, -0.05) is 6.07 Å². The number of primary amides is 1. The van der Waals surface area contributed by atoms with Gasteiger partial charge in [0, 0.05) is 24.3 Å². The average molecular weight is 290 g/mol. The van der Waals surface area contributed by atoms with E-state index >= 15 is 0 Å². The molecule has 0 radical (unpaired) electrons. The molecular formula is C15H22N4O2. The number of carbonyl (C=O) groups is 2. The number of rotatable bonds is 4. The molecule has 2 rings (SSSR count). The number of hydrogen-bond donors (Lipinski definition) is 3. The third-order valence-corrected chi connectivity index (χ3v) is 3.77. The third-order valence-electron chi connectivity index (χ3n) is 3.77. The van der Waals surface area contributed by atoms with Crippen molar-refractivity contribution < 1.29 is 9.59 Å². The van der Waals surface area contributed by atoms with Crippen molar-refractivity contribution in [3.8, 4) is 0 Å². The maximum atomic E-state index is 12.5. The minimum Gasteiger partial charge on any atom is -0.351 e. The van der Waals surface area contributed by atoms with Crippen LogP contribution < -0.4 is 16.4 Å². The van der Waals surface area contributed by atoms with Gasteiger partial charge in [0.25, 0.3) is 5.91 Å². The van der Waals surface area contributed by atoms with Gasteiger partial charge in [-0.3, -0.25) is 4.79 Å². The summed E-state index contributed by atoms with van der Waals surface area (Å²) in [6.45, 7) is 2.55. The summed E-state index contributed by atoms with van der Waals surface area (Å²) in [7, 11) is 1.95. The fraction of sp³-hybridized carbons (Fsp3) is 0.467. The summed E-state index contributed by atoms with van der Waals surface area (Å²) in [5.74, 6) is 0.646. The van der Waals surface area contributed by atoms with Gasteiger partial charge in [-0.2, -0.15) is 0 Å². The first-order valence-corrected chi connectivity index (χ1v) is 7.20.